The van der Waals surface area contributed by atoms with Crippen molar-refractivity contribution in [1.29, 1.82) is 0 Å². The highest BCUT2D eigenvalue weighted by atomic mass is 16.5. The van der Waals surface area contributed by atoms with Crippen molar-refractivity contribution in [1.82, 2.24) is 10.3 Å². The van der Waals surface area contributed by atoms with Crippen molar-refractivity contribution in [2.24, 2.45) is 0 Å². The first-order valence-electron chi connectivity index (χ1n) is 7.31. The van der Waals surface area contributed by atoms with Gasteiger partial charge >= 0.3 is 0 Å². The van der Waals surface area contributed by atoms with Crippen LogP contribution in [-0.2, 0) is 4.74 Å². The zero-order chi connectivity index (χ0) is 14.4. The highest BCUT2D eigenvalue weighted by Crippen LogP contribution is 2.14. The summed E-state index contributed by atoms with van der Waals surface area (Å²) >= 11 is 0. The number of amides is 1. The maximum atomic E-state index is 12.2. The van der Waals surface area contributed by atoms with E-state index in [0.717, 1.165) is 31.6 Å². The summed E-state index contributed by atoms with van der Waals surface area (Å²) in [6, 6.07) is 3.75. The number of carbonyl (C=O) groups excluding carboxylic acids is 1. The summed E-state index contributed by atoms with van der Waals surface area (Å²) in [5, 5.41) is 6.26. The Morgan fingerprint density at radius 2 is 2.40 bits per heavy atom. The number of rotatable bonds is 5. The number of nitrogens with zero attached hydrogens (tertiary/aromatic N) is 1. The van der Waals surface area contributed by atoms with Gasteiger partial charge in [-0.25, -0.2) is 4.98 Å². The molecule has 1 aliphatic rings. The molecule has 0 radical (unpaired) electrons. The van der Waals surface area contributed by atoms with Crippen molar-refractivity contribution in [2.45, 2.75) is 45.3 Å². The molecule has 2 N–H and O–H groups in total. The molecule has 1 fully saturated rings. The minimum Gasteiger partial charge on any atom is -0.378 e. The lowest BCUT2D eigenvalue weighted by Crippen LogP contribution is -2.41. The van der Waals surface area contributed by atoms with Crippen LogP contribution in [0.1, 0.15) is 43.5 Å². The lowest BCUT2D eigenvalue weighted by atomic mass is 10.0. The van der Waals surface area contributed by atoms with E-state index < -0.39 is 0 Å². The van der Waals surface area contributed by atoms with Gasteiger partial charge in [-0.15, -0.1) is 0 Å². The summed E-state index contributed by atoms with van der Waals surface area (Å²) in [5.74, 6) is 0.714. The second kappa shape index (κ2) is 7.24. The molecule has 0 aromatic carbocycles. The number of pyridine rings is 1. The van der Waals surface area contributed by atoms with Crippen molar-refractivity contribution in [3.05, 3.63) is 23.9 Å². The zero-order valence-electron chi connectivity index (χ0n) is 12.2. The average Bonchev–Trinajstić information content (AvgIpc) is 2.45. The van der Waals surface area contributed by atoms with E-state index in [0.29, 0.717) is 12.2 Å². The maximum Gasteiger partial charge on any atom is 0.251 e. The molecule has 1 aromatic rings. The molecule has 0 saturated carbocycles. The molecule has 2 unspecified atom stereocenters. The van der Waals surface area contributed by atoms with Crippen LogP contribution < -0.4 is 10.6 Å². The third kappa shape index (κ3) is 4.20. The van der Waals surface area contributed by atoms with Crippen molar-refractivity contribution >= 4 is 11.7 Å². The fourth-order valence-corrected chi connectivity index (χ4v) is 2.32. The molecule has 2 atom stereocenters. The summed E-state index contributed by atoms with van der Waals surface area (Å²) in [6.45, 7) is 5.70. The normalized spacial score (nSPS) is 22.3. The molecule has 1 saturated heterocycles. The first kappa shape index (κ1) is 14.8. The van der Waals surface area contributed by atoms with Crippen molar-refractivity contribution in [3.63, 3.8) is 0 Å². The lowest BCUT2D eigenvalue weighted by Gasteiger charge is -2.27. The van der Waals surface area contributed by atoms with Crippen LogP contribution in [0, 0.1) is 0 Å². The average molecular weight is 277 g/mol. The molecule has 20 heavy (non-hydrogen) atoms. The highest BCUT2D eigenvalue weighted by molar-refractivity contribution is 5.95. The predicted molar refractivity (Wildman–Crippen MR) is 78.9 cm³/mol. The fourth-order valence-electron chi connectivity index (χ4n) is 2.32. The molecule has 1 amide bonds. The van der Waals surface area contributed by atoms with Gasteiger partial charge in [-0.3, -0.25) is 4.79 Å². The number of ether oxygens (including phenoxy) is 1. The van der Waals surface area contributed by atoms with E-state index >= 15 is 0 Å². The Morgan fingerprint density at radius 3 is 3.15 bits per heavy atom. The maximum absolute atomic E-state index is 12.2. The van der Waals surface area contributed by atoms with Crippen LogP contribution in [0.25, 0.3) is 0 Å². The number of hydrogen-bond acceptors (Lipinski definition) is 4. The van der Waals surface area contributed by atoms with Crippen LogP contribution in [0.15, 0.2) is 18.3 Å². The molecule has 1 aromatic heterocycles. The number of nitrogens with one attached hydrogen (secondary N) is 2. The second-order valence-electron chi connectivity index (χ2n) is 5.23. The molecule has 0 bridgehead atoms. The molecule has 2 heterocycles. The molecular formula is C15H23N3O2. The zero-order valence-corrected chi connectivity index (χ0v) is 12.2. The fraction of sp³-hybridized carbons (Fsp3) is 0.600. The van der Waals surface area contributed by atoms with Gasteiger partial charge in [0, 0.05) is 31.0 Å². The summed E-state index contributed by atoms with van der Waals surface area (Å²) in [5.41, 5.74) is 0.651. The van der Waals surface area contributed by atoms with Gasteiger partial charge in [-0.1, -0.05) is 6.92 Å². The van der Waals surface area contributed by atoms with Gasteiger partial charge in [-0.2, -0.15) is 0 Å². The van der Waals surface area contributed by atoms with Crippen molar-refractivity contribution < 1.29 is 9.53 Å². The number of aromatic nitrogens is 1. The Bertz CT molecular complexity index is 450. The number of anilines is 1. The lowest BCUT2D eigenvalue weighted by molar-refractivity contribution is 0.0136. The van der Waals surface area contributed by atoms with E-state index in [4.69, 9.17) is 4.74 Å². The van der Waals surface area contributed by atoms with E-state index in [9.17, 15) is 4.79 Å². The molecule has 110 valence electrons. The first-order valence-corrected chi connectivity index (χ1v) is 7.31. The quantitative estimate of drug-likeness (QED) is 0.866. The molecule has 5 nitrogen and oxygen atoms in total. The van der Waals surface area contributed by atoms with E-state index in [2.05, 4.69) is 22.5 Å². The Hall–Kier alpha value is -1.62. The van der Waals surface area contributed by atoms with E-state index in [1.807, 2.05) is 6.92 Å². The Morgan fingerprint density at radius 1 is 1.55 bits per heavy atom. The summed E-state index contributed by atoms with van der Waals surface area (Å²) in [7, 11) is 0. The molecule has 0 aliphatic carbocycles. The molecule has 1 aliphatic heterocycles. The van der Waals surface area contributed by atoms with E-state index in [1.165, 1.54) is 0 Å². The van der Waals surface area contributed by atoms with Crippen molar-refractivity contribution in [3.8, 4) is 0 Å². The molecule has 5 heteroatoms. The van der Waals surface area contributed by atoms with Crippen LogP contribution in [0.2, 0.25) is 0 Å². The summed E-state index contributed by atoms with van der Waals surface area (Å²) < 4.78 is 5.49. The van der Waals surface area contributed by atoms with Gasteiger partial charge in [0.2, 0.25) is 0 Å². The predicted octanol–water partition coefficient (Wildman–Crippen LogP) is 2.20. The first-order chi connectivity index (χ1) is 9.69. The van der Waals surface area contributed by atoms with Crippen molar-refractivity contribution in [2.75, 3.05) is 18.5 Å². The number of carbonyl (C=O) groups is 1. The summed E-state index contributed by atoms with van der Waals surface area (Å²) in [4.78, 5) is 16.4. The molecule has 0 spiro atoms. The van der Waals surface area contributed by atoms with E-state index in [1.54, 1.807) is 18.3 Å². The van der Waals surface area contributed by atoms with Gasteiger partial charge < -0.3 is 15.4 Å². The minimum absolute atomic E-state index is 0.0361. The largest absolute Gasteiger partial charge is 0.378 e. The van der Waals surface area contributed by atoms with Crippen LogP contribution in [0.3, 0.4) is 0 Å². The highest BCUT2D eigenvalue weighted by Gasteiger charge is 2.21. The second-order valence-corrected chi connectivity index (χ2v) is 5.23. The standard InChI is InChI=1S/C15H23N3O2/c1-3-6-16-14-10-12(4-7-17-14)15(19)18-13-5-8-20-11(2)9-13/h4,7,10-11,13H,3,5-6,8-9H2,1-2H3,(H,16,17)(H,18,19). The monoisotopic (exact) mass is 277 g/mol. The smallest absolute Gasteiger partial charge is 0.251 e. The van der Waals surface area contributed by atoms with Crippen LogP contribution in [-0.4, -0.2) is 36.2 Å². The van der Waals surface area contributed by atoms with Crippen LogP contribution >= 0.6 is 0 Å². The van der Waals surface area contributed by atoms with Crippen LogP contribution in [0.4, 0.5) is 5.82 Å². The van der Waals surface area contributed by atoms with E-state index in [-0.39, 0.29) is 18.1 Å². The van der Waals surface area contributed by atoms with Crippen LogP contribution in [0.5, 0.6) is 0 Å². The Kier molecular flexibility index (Phi) is 5.35. The third-order valence-electron chi connectivity index (χ3n) is 3.40. The van der Waals surface area contributed by atoms with Gasteiger partial charge in [0.25, 0.3) is 5.91 Å². The number of hydrogen-bond donors (Lipinski definition) is 2. The molecule has 2 rings (SSSR count). The Balaban J connectivity index is 1.94. The molecular weight excluding hydrogens is 254 g/mol. The van der Waals surface area contributed by atoms with Gasteiger partial charge in [0.05, 0.1) is 6.10 Å². The minimum atomic E-state index is -0.0361. The third-order valence-corrected chi connectivity index (χ3v) is 3.40. The Labute approximate surface area is 120 Å². The SMILES string of the molecule is CCCNc1cc(C(=O)NC2CCOC(C)C2)ccn1. The topological polar surface area (TPSA) is 63.2 Å². The summed E-state index contributed by atoms with van der Waals surface area (Å²) in [6.07, 6.45) is 4.66. The van der Waals surface area contributed by atoms with Gasteiger partial charge in [0.15, 0.2) is 0 Å². The van der Waals surface area contributed by atoms with Gasteiger partial charge in [-0.05, 0) is 38.3 Å². The van der Waals surface area contributed by atoms with Gasteiger partial charge in [0.1, 0.15) is 5.82 Å².